The van der Waals surface area contributed by atoms with E-state index in [1.807, 2.05) is 33.8 Å². The van der Waals surface area contributed by atoms with Gasteiger partial charge in [0.2, 0.25) is 0 Å². The first-order valence-electron chi connectivity index (χ1n) is 8.64. The highest BCUT2D eigenvalue weighted by molar-refractivity contribution is 6.62. The third kappa shape index (κ3) is 3.52. The third-order valence-electron chi connectivity index (χ3n) is 5.28. The van der Waals surface area contributed by atoms with Gasteiger partial charge >= 0.3 is 7.12 Å². The predicted octanol–water partition coefficient (Wildman–Crippen LogP) is 1.94. The molecule has 7 heteroatoms. The van der Waals surface area contributed by atoms with Crippen LogP contribution in [-0.4, -0.2) is 43.7 Å². The molecule has 2 atom stereocenters. The lowest BCUT2D eigenvalue weighted by atomic mass is 9.78. The van der Waals surface area contributed by atoms with E-state index in [4.69, 9.17) is 14.0 Å². The minimum Gasteiger partial charge on any atom is -0.486 e. The maximum absolute atomic E-state index is 14.0. The molecule has 2 fully saturated rings. The van der Waals surface area contributed by atoms with Gasteiger partial charge in [-0.2, -0.15) is 5.26 Å². The summed E-state index contributed by atoms with van der Waals surface area (Å²) in [7, 11) is -0.543. The number of alkyl halides is 1. The number of nitrogens with one attached hydrogen (secondary N) is 1. The van der Waals surface area contributed by atoms with Crippen LogP contribution < -0.4 is 15.5 Å². The average Bonchev–Trinajstić information content (AvgIpc) is 2.78. The Morgan fingerprint density at radius 2 is 1.96 bits per heavy atom. The first-order chi connectivity index (χ1) is 11.7. The molecule has 0 bridgehead atoms. The summed E-state index contributed by atoms with van der Waals surface area (Å²) in [6.45, 7) is 8.91. The molecule has 0 saturated carbocycles. The van der Waals surface area contributed by atoms with Gasteiger partial charge in [0.1, 0.15) is 24.1 Å². The van der Waals surface area contributed by atoms with Gasteiger partial charge in [-0.25, -0.2) is 4.39 Å². The fourth-order valence-corrected chi connectivity index (χ4v) is 2.96. The largest absolute Gasteiger partial charge is 0.494 e. The van der Waals surface area contributed by atoms with E-state index >= 15 is 0 Å². The quantitative estimate of drug-likeness (QED) is 0.848. The maximum atomic E-state index is 14.0. The molecular weight excluding hydrogens is 322 g/mol. The summed E-state index contributed by atoms with van der Waals surface area (Å²) in [6, 6.07) is 7.35. The molecular formula is C18H24BFN2O3. The van der Waals surface area contributed by atoms with Crippen molar-refractivity contribution in [2.45, 2.75) is 57.6 Å². The Hall–Kier alpha value is -1.62. The number of nitriles is 1. The van der Waals surface area contributed by atoms with Crippen LogP contribution in [0.1, 0.15) is 39.7 Å². The average molecular weight is 346 g/mol. The smallest absolute Gasteiger partial charge is 0.486 e. The normalized spacial score (nSPS) is 27.8. The second-order valence-electron chi connectivity index (χ2n) is 7.62. The minimum atomic E-state index is -1.08. The van der Waals surface area contributed by atoms with E-state index in [0.29, 0.717) is 24.3 Å². The Morgan fingerprint density at radius 1 is 1.28 bits per heavy atom. The zero-order valence-electron chi connectivity index (χ0n) is 15.1. The number of rotatable bonds is 3. The number of halogens is 1. The molecule has 134 valence electrons. The van der Waals surface area contributed by atoms with Crippen molar-refractivity contribution in [3.8, 4) is 11.8 Å². The molecule has 2 heterocycles. The molecule has 5 nitrogen and oxygen atoms in total. The van der Waals surface area contributed by atoms with Crippen LogP contribution in [-0.2, 0) is 9.31 Å². The van der Waals surface area contributed by atoms with Crippen molar-refractivity contribution in [2.24, 2.45) is 0 Å². The van der Waals surface area contributed by atoms with Gasteiger partial charge in [-0.1, -0.05) is 6.07 Å². The van der Waals surface area contributed by atoms with Crippen molar-refractivity contribution in [1.82, 2.24) is 5.32 Å². The van der Waals surface area contributed by atoms with E-state index in [9.17, 15) is 9.65 Å². The lowest BCUT2D eigenvalue weighted by molar-refractivity contribution is 0.00578. The van der Waals surface area contributed by atoms with Crippen molar-refractivity contribution in [3.05, 3.63) is 23.8 Å². The molecule has 2 aliphatic rings. The molecule has 0 amide bonds. The highest BCUT2D eigenvalue weighted by Gasteiger charge is 2.51. The molecule has 1 N–H and O–H groups in total. The Bertz CT molecular complexity index is 673. The van der Waals surface area contributed by atoms with Crippen LogP contribution >= 0.6 is 0 Å². The summed E-state index contributed by atoms with van der Waals surface area (Å²) in [4.78, 5) is 0. The van der Waals surface area contributed by atoms with Crippen LogP contribution in [0.2, 0.25) is 0 Å². The molecule has 0 aromatic heterocycles. The highest BCUT2D eigenvalue weighted by Crippen LogP contribution is 2.36. The van der Waals surface area contributed by atoms with Crippen molar-refractivity contribution in [1.29, 1.82) is 5.26 Å². The summed E-state index contributed by atoms with van der Waals surface area (Å²) in [6.07, 6.45) is -1.04. The first-order valence-corrected chi connectivity index (χ1v) is 8.64. The van der Waals surface area contributed by atoms with Gasteiger partial charge in [-0.15, -0.1) is 0 Å². The van der Waals surface area contributed by atoms with Gasteiger partial charge in [0.25, 0.3) is 0 Å². The van der Waals surface area contributed by atoms with Crippen LogP contribution in [0.3, 0.4) is 0 Å². The topological polar surface area (TPSA) is 63.5 Å². The fourth-order valence-electron chi connectivity index (χ4n) is 2.96. The summed E-state index contributed by atoms with van der Waals surface area (Å²) in [5, 5.41) is 12.5. The lowest BCUT2D eigenvalue weighted by Crippen LogP contribution is -2.44. The Balaban J connectivity index is 1.80. The van der Waals surface area contributed by atoms with Crippen LogP contribution in [0.4, 0.5) is 4.39 Å². The molecule has 3 rings (SSSR count). The van der Waals surface area contributed by atoms with Gasteiger partial charge in [0.15, 0.2) is 0 Å². The molecule has 1 aromatic rings. The Labute approximate surface area is 148 Å². The number of hydrogen-bond acceptors (Lipinski definition) is 5. The number of hydrogen-bond donors (Lipinski definition) is 1. The van der Waals surface area contributed by atoms with Gasteiger partial charge in [0, 0.05) is 6.54 Å². The fraction of sp³-hybridized carbons (Fsp3) is 0.611. The second-order valence-corrected chi connectivity index (χ2v) is 7.62. The summed E-state index contributed by atoms with van der Waals surface area (Å²) < 4.78 is 31.8. The van der Waals surface area contributed by atoms with Crippen LogP contribution in [0.15, 0.2) is 18.2 Å². The summed E-state index contributed by atoms with van der Waals surface area (Å²) in [5.41, 5.74) is 0.217. The molecule has 0 unspecified atom stereocenters. The number of ether oxygens (including phenoxy) is 1. The minimum absolute atomic E-state index is 0.276. The zero-order valence-corrected chi connectivity index (χ0v) is 15.1. The highest BCUT2D eigenvalue weighted by atomic mass is 19.1. The monoisotopic (exact) mass is 346 g/mol. The van der Waals surface area contributed by atoms with Crippen molar-refractivity contribution in [3.63, 3.8) is 0 Å². The second kappa shape index (κ2) is 6.60. The van der Waals surface area contributed by atoms with E-state index < -0.39 is 30.6 Å². The van der Waals surface area contributed by atoms with Gasteiger partial charge in [-0.3, -0.25) is 0 Å². The third-order valence-corrected chi connectivity index (χ3v) is 5.28. The zero-order chi connectivity index (χ0) is 18.2. The van der Waals surface area contributed by atoms with E-state index in [2.05, 4.69) is 11.4 Å². The van der Waals surface area contributed by atoms with Crippen molar-refractivity contribution >= 4 is 12.6 Å². The van der Waals surface area contributed by atoms with Gasteiger partial charge in [-0.05, 0) is 58.3 Å². The van der Waals surface area contributed by atoms with Crippen molar-refractivity contribution in [2.75, 3.05) is 13.1 Å². The summed E-state index contributed by atoms with van der Waals surface area (Å²) >= 11 is 0. The summed E-state index contributed by atoms with van der Waals surface area (Å²) in [5.74, 6) is 0.400. The number of benzene rings is 1. The molecule has 1 aromatic carbocycles. The molecule has 0 spiro atoms. The standard InChI is InChI=1S/C18H24BFN2O3/c1-17(2)18(3,4)25-19(24-17)13-5-6-15(12(9-13)10-21)23-16-7-8-22-11-14(16)20/h5-6,9,14,16,22H,7-8,11H2,1-4H3/t14-,16-/m0/s1. The number of nitrogens with zero attached hydrogens (tertiary/aromatic N) is 1. The lowest BCUT2D eigenvalue weighted by Gasteiger charge is -2.32. The Morgan fingerprint density at radius 3 is 2.56 bits per heavy atom. The molecule has 0 radical (unpaired) electrons. The maximum Gasteiger partial charge on any atom is 0.494 e. The molecule has 0 aliphatic carbocycles. The predicted molar refractivity (Wildman–Crippen MR) is 93.7 cm³/mol. The van der Waals surface area contributed by atoms with Crippen LogP contribution in [0.25, 0.3) is 0 Å². The van der Waals surface area contributed by atoms with E-state index in [1.54, 1.807) is 12.1 Å². The van der Waals surface area contributed by atoms with Crippen LogP contribution in [0, 0.1) is 11.3 Å². The molecule has 2 saturated heterocycles. The van der Waals surface area contributed by atoms with Crippen molar-refractivity contribution < 1.29 is 18.4 Å². The first kappa shape index (κ1) is 18.2. The van der Waals surface area contributed by atoms with Crippen LogP contribution in [0.5, 0.6) is 5.75 Å². The molecule has 2 aliphatic heterocycles. The SMILES string of the molecule is CC1(C)OB(c2ccc(O[C@H]3CCNC[C@@H]3F)c(C#N)c2)OC1(C)C. The van der Waals surface area contributed by atoms with E-state index in [1.165, 1.54) is 0 Å². The van der Waals surface area contributed by atoms with E-state index in [-0.39, 0.29) is 6.54 Å². The van der Waals surface area contributed by atoms with Gasteiger partial charge < -0.3 is 19.4 Å². The Kier molecular flexibility index (Phi) is 4.80. The van der Waals surface area contributed by atoms with Gasteiger partial charge in [0.05, 0.1) is 16.8 Å². The molecule has 25 heavy (non-hydrogen) atoms. The van der Waals surface area contributed by atoms with E-state index in [0.717, 1.165) is 5.46 Å². The number of piperidine rings is 1.